The molecule has 9 nitrogen and oxygen atoms in total. The first-order valence-corrected chi connectivity index (χ1v) is 8.52. The number of aromatic carboxylic acids is 2. The Morgan fingerprint density at radius 2 is 1.40 bits per heavy atom. The average Bonchev–Trinajstić information content (AvgIpc) is 2.86. The van der Waals surface area contributed by atoms with Gasteiger partial charge in [-0.05, 0) is 12.1 Å². The number of carboxylic acids is 4. The molecule has 0 amide bonds. The Bertz CT molecular complexity index is 889. The van der Waals surface area contributed by atoms with Crippen molar-refractivity contribution in [2.24, 2.45) is 0 Å². The minimum atomic E-state index is -1.44. The Kier molecular flexibility index (Phi) is 5.59. The Morgan fingerprint density at radius 1 is 0.840 bits per heavy atom. The molecule has 4 N–H and O–H groups in total. The standard InChI is InChI=1S/C14H11NO8S2/c16-10(17)4-24-9-2-6-1-7(13(20)21)8(14(22)23)3-15(6)12(9)25-5-11(18)19/h1-3H,4-5H2,(H,16,17)(H,18,19)(H,20,21)(H,22,23). The van der Waals surface area contributed by atoms with Crippen molar-refractivity contribution in [2.75, 3.05) is 11.5 Å². The molecule has 2 rings (SSSR count). The van der Waals surface area contributed by atoms with E-state index in [0.29, 0.717) is 15.4 Å². The molecule has 2 aromatic heterocycles. The van der Waals surface area contributed by atoms with E-state index in [1.165, 1.54) is 10.5 Å². The maximum atomic E-state index is 11.3. The fraction of sp³-hybridized carbons (Fsp3) is 0.143. The molecule has 0 aromatic carbocycles. The Balaban J connectivity index is 2.64. The molecule has 0 saturated heterocycles. The number of aliphatic carboxylic acids is 2. The van der Waals surface area contributed by atoms with E-state index in [0.717, 1.165) is 35.8 Å². The number of pyridine rings is 1. The van der Waals surface area contributed by atoms with Gasteiger partial charge >= 0.3 is 23.9 Å². The van der Waals surface area contributed by atoms with Crippen molar-refractivity contribution in [2.45, 2.75) is 9.92 Å². The van der Waals surface area contributed by atoms with E-state index in [1.54, 1.807) is 0 Å². The van der Waals surface area contributed by atoms with Gasteiger partial charge in [-0.2, -0.15) is 0 Å². The number of fused-ring (bicyclic) bond motifs is 1. The average molecular weight is 385 g/mol. The quantitative estimate of drug-likeness (QED) is 0.493. The van der Waals surface area contributed by atoms with Gasteiger partial charge < -0.3 is 24.8 Å². The van der Waals surface area contributed by atoms with Crippen LogP contribution in [0.3, 0.4) is 0 Å². The van der Waals surface area contributed by atoms with Gasteiger partial charge in [0.15, 0.2) is 0 Å². The topological polar surface area (TPSA) is 154 Å². The summed E-state index contributed by atoms with van der Waals surface area (Å²) in [6, 6.07) is 2.65. The highest BCUT2D eigenvalue weighted by molar-refractivity contribution is 8.02. The molecule has 0 bridgehead atoms. The van der Waals surface area contributed by atoms with Crippen LogP contribution in [0.5, 0.6) is 0 Å². The van der Waals surface area contributed by atoms with Crippen molar-refractivity contribution >= 4 is 52.9 Å². The second kappa shape index (κ2) is 7.49. The summed E-state index contributed by atoms with van der Waals surface area (Å²) in [7, 11) is 0. The molecule has 0 fully saturated rings. The van der Waals surface area contributed by atoms with E-state index in [1.807, 2.05) is 0 Å². The zero-order valence-electron chi connectivity index (χ0n) is 12.3. The minimum absolute atomic E-state index is 0.283. The first-order valence-electron chi connectivity index (χ1n) is 6.55. The summed E-state index contributed by atoms with van der Waals surface area (Å²) in [6.07, 6.45) is 1.09. The highest BCUT2D eigenvalue weighted by Gasteiger charge is 2.21. The van der Waals surface area contributed by atoms with Gasteiger partial charge in [0.1, 0.15) is 0 Å². The molecule has 0 atom stereocenters. The third kappa shape index (κ3) is 4.25. The van der Waals surface area contributed by atoms with Crippen LogP contribution in [0, 0.1) is 0 Å². The fourth-order valence-electron chi connectivity index (χ4n) is 2.03. The minimum Gasteiger partial charge on any atom is -0.481 e. The molecular formula is C14H11NO8S2. The lowest BCUT2D eigenvalue weighted by molar-refractivity contribution is -0.135. The van der Waals surface area contributed by atoms with Crippen molar-refractivity contribution in [1.29, 1.82) is 0 Å². The zero-order valence-corrected chi connectivity index (χ0v) is 14.0. The van der Waals surface area contributed by atoms with Gasteiger partial charge in [-0.15, -0.1) is 11.8 Å². The highest BCUT2D eigenvalue weighted by Crippen LogP contribution is 2.35. The van der Waals surface area contributed by atoms with Gasteiger partial charge in [0.05, 0.1) is 27.7 Å². The van der Waals surface area contributed by atoms with Gasteiger partial charge in [0.2, 0.25) is 0 Å². The number of aromatic nitrogens is 1. The van der Waals surface area contributed by atoms with Crippen LogP contribution in [0.25, 0.3) is 5.52 Å². The summed E-state index contributed by atoms with van der Waals surface area (Å²) < 4.78 is 1.35. The molecule has 0 aliphatic rings. The maximum Gasteiger partial charge on any atom is 0.338 e. The van der Waals surface area contributed by atoms with Crippen LogP contribution in [-0.4, -0.2) is 60.2 Å². The van der Waals surface area contributed by atoms with E-state index in [4.69, 9.17) is 15.3 Å². The van der Waals surface area contributed by atoms with Crippen molar-refractivity contribution in [3.8, 4) is 0 Å². The van der Waals surface area contributed by atoms with Crippen molar-refractivity contribution in [3.05, 3.63) is 29.5 Å². The van der Waals surface area contributed by atoms with Crippen molar-refractivity contribution in [1.82, 2.24) is 4.40 Å². The molecule has 2 aromatic rings. The second-order valence-electron chi connectivity index (χ2n) is 4.68. The predicted molar refractivity (Wildman–Crippen MR) is 88.0 cm³/mol. The molecule has 132 valence electrons. The van der Waals surface area contributed by atoms with Gasteiger partial charge in [-0.1, -0.05) is 11.8 Å². The summed E-state index contributed by atoms with van der Waals surface area (Å²) in [4.78, 5) is 44.6. The lowest BCUT2D eigenvalue weighted by Crippen LogP contribution is -2.10. The predicted octanol–water partition coefficient (Wildman–Crippen LogP) is 1.69. The smallest absolute Gasteiger partial charge is 0.338 e. The van der Waals surface area contributed by atoms with Gasteiger partial charge in [0.25, 0.3) is 0 Å². The first-order chi connectivity index (χ1) is 11.7. The van der Waals surface area contributed by atoms with Crippen LogP contribution in [0.15, 0.2) is 28.3 Å². The fourth-order valence-corrected chi connectivity index (χ4v) is 3.85. The number of thioether (sulfide) groups is 2. The number of carbonyl (C=O) groups is 4. The van der Waals surface area contributed by atoms with E-state index in [9.17, 15) is 24.3 Å². The summed E-state index contributed by atoms with van der Waals surface area (Å²) in [5, 5.41) is 36.4. The summed E-state index contributed by atoms with van der Waals surface area (Å²) in [6.45, 7) is 0. The van der Waals surface area contributed by atoms with Crippen LogP contribution in [0.2, 0.25) is 0 Å². The highest BCUT2D eigenvalue weighted by atomic mass is 32.2. The van der Waals surface area contributed by atoms with Crippen LogP contribution in [0.1, 0.15) is 20.7 Å². The molecule has 11 heteroatoms. The molecule has 25 heavy (non-hydrogen) atoms. The van der Waals surface area contributed by atoms with Crippen LogP contribution in [-0.2, 0) is 9.59 Å². The molecule has 0 spiro atoms. The summed E-state index contributed by atoms with van der Waals surface area (Å²) >= 11 is 1.82. The third-order valence-corrected chi connectivity index (χ3v) is 5.20. The Morgan fingerprint density at radius 3 is 1.92 bits per heavy atom. The molecular weight excluding hydrogens is 374 g/mol. The number of carboxylic acid groups (broad SMARTS) is 4. The second-order valence-corrected chi connectivity index (χ2v) is 6.67. The Labute approximate surface area is 148 Å². The molecule has 0 unspecified atom stereocenters. The van der Waals surface area contributed by atoms with Crippen LogP contribution < -0.4 is 0 Å². The number of nitrogens with zero attached hydrogens (tertiary/aromatic N) is 1. The van der Waals surface area contributed by atoms with Crippen molar-refractivity contribution in [3.63, 3.8) is 0 Å². The first kappa shape index (κ1) is 18.7. The van der Waals surface area contributed by atoms with E-state index in [-0.39, 0.29) is 11.5 Å². The molecule has 0 aliphatic heterocycles. The Hall–Kier alpha value is -2.66. The van der Waals surface area contributed by atoms with Crippen LogP contribution in [0.4, 0.5) is 0 Å². The molecule has 0 radical (unpaired) electrons. The molecule has 0 saturated carbocycles. The van der Waals surface area contributed by atoms with Gasteiger partial charge in [0, 0.05) is 16.6 Å². The molecule has 0 aliphatic carbocycles. The maximum absolute atomic E-state index is 11.3. The zero-order chi connectivity index (χ0) is 18.7. The summed E-state index contributed by atoms with van der Waals surface area (Å²) in [5.74, 6) is -5.64. The van der Waals surface area contributed by atoms with E-state index in [2.05, 4.69) is 0 Å². The van der Waals surface area contributed by atoms with E-state index >= 15 is 0 Å². The van der Waals surface area contributed by atoms with Crippen LogP contribution >= 0.6 is 23.5 Å². The van der Waals surface area contributed by atoms with Gasteiger partial charge in [-0.3, -0.25) is 9.59 Å². The van der Waals surface area contributed by atoms with Gasteiger partial charge in [-0.25, -0.2) is 9.59 Å². The number of hydrogen-bond acceptors (Lipinski definition) is 6. The van der Waals surface area contributed by atoms with E-state index < -0.39 is 35.0 Å². The largest absolute Gasteiger partial charge is 0.481 e. The lowest BCUT2D eigenvalue weighted by Gasteiger charge is -2.07. The normalized spacial score (nSPS) is 10.7. The third-order valence-electron chi connectivity index (χ3n) is 2.97. The number of rotatable bonds is 8. The SMILES string of the molecule is O=C(O)CSc1cc2cc(C(=O)O)c(C(=O)O)cn2c1SCC(=O)O. The summed E-state index contributed by atoms with van der Waals surface area (Å²) in [5.41, 5.74) is -0.548. The number of hydrogen-bond donors (Lipinski definition) is 4. The molecule has 2 heterocycles. The van der Waals surface area contributed by atoms with Crippen molar-refractivity contribution < 1.29 is 39.6 Å². The lowest BCUT2D eigenvalue weighted by atomic mass is 10.1. The monoisotopic (exact) mass is 385 g/mol.